The van der Waals surface area contributed by atoms with E-state index in [1.165, 1.54) is 0 Å². The summed E-state index contributed by atoms with van der Waals surface area (Å²) in [5, 5.41) is 18.4. The molecule has 6 nitrogen and oxygen atoms in total. The second-order valence-electron chi connectivity index (χ2n) is 3.33. The zero-order valence-corrected chi connectivity index (χ0v) is 8.56. The Labute approximate surface area is 90.7 Å². The maximum absolute atomic E-state index is 5.38. The van der Waals surface area contributed by atoms with E-state index in [0.29, 0.717) is 11.9 Å². The zero-order chi connectivity index (χ0) is 11.0. The molecule has 0 saturated carbocycles. The molecule has 2 aromatic heterocycles. The van der Waals surface area contributed by atoms with Crippen LogP contribution in [0.25, 0.3) is 22.4 Å². The Morgan fingerprint density at radius 3 is 3.06 bits per heavy atom. The molecule has 0 fully saturated rings. The Bertz CT molecular complexity index is 627. The molecule has 0 atom stereocenters. The SMILES string of the molecule is CNc1nnc(-c2ccc3[nH]ncc3c2)o1. The lowest BCUT2D eigenvalue weighted by molar-refractivity contribution is 0.585. The highest BCUT2D eigenvalue weighted by Crippen LogP contribution is 2.23. The van der Waals surface area contributed by atoms with Crippen LogP contribution >= 0.6 is 0 Å². The van der Waals surface area contributed by atoms with Crippen molar-refractivity contribution in [2.24, 2.45) is 0 Å². The first-order chi connectivity index (χ1) is 7.86. The Hall–Kier alpha value is -2.37. The van der Waals surface area contributed by atoms with Crippen LogP contribution < -0.4 is 5.32 Å². The first kappa shape index (κ1) is 8.90. The molecule has 1 aromatic carbocycles. The van der Waals surface area contributed by atoms with Crippen molar-refractivity contribution in [1.29, 1.82) is 0 Å². The molecule has 0 aliphatic rings. The van der Waals surface area contributed by atoms with E-state index in [0.717, 1.165) is 16.5 Å². The molecular formula is C10H9N5O. The van der Waals surface area contributed by atoms with Crippen molar-refractivity contribution >= 4 is 16.9 Å². The van der Waals surface area contributed by atoms with Crippen LogP contribution in [0.5, 0.6) is 0 Å². The van der Waals surface area contributed by atoms with Gasteiger partial charge in [-0.15, -0.1) is 5.10 Å². The third-order valence-corrected chi connectivity index (χ3v) is 2.33. The van der Waals surface area contributed by atoms with Crippen LogP contribution in [0.15, 0.2) is 28.8 Å². The molecule has 0 amide bonds. The van der Waals surface area contributed by atoms with Gasteiger partial charge in [0, 0.05) is 18.0 Å². The third kappa shape index (κ3) is 1.31. The molecule has 3 rings (SSSR count). The molecule has 2 N–H and O–H groups in total. The van der Waals surface area contributed by atoms with Gasteiger partial charge in [-0.3, -0.25) is 5.10 Å². The molecule has 0 bridgehead atoms. The smallest absolute Gasteiger partial charge is 0.315 e. The number of nitrogens with one attached hydrogen (secondary N) is 2. The number of hydrogen-bond acceptors (Lipinski definition) is 5. The van der Waals surface area contributed by atoms with Crippen LogP contribution in [0.4, 0.5) is 6.01 Å². The van der Waals surface area contributed by atoms with Crippen LogP contribution in [0.3, 0.4) is 0 Å². The molecule has 0 unspecified atom stereocenters. The minimum absolute atomic E-state index is 0.405. The van der Waals surface area contributed by atoms with Gasteiger partial charge in [-0.05, 0) is 18.2 Å². The van der Waals surface area contributed by atoms with Gasteiger partial charge in [0.05, 0.1) is 11.7 Å². The Morgan fingerprint density at radius 1 is 1.31 bits per heavy atom. The van der Waals surface area contributed by atoms with E-state index in [4.69, 9.17) is 4.42 Å². The molecule has 0 aliphatic heterocycles. The number of benzene rings is 1. The number of aromatic nitrogens is 4. The van der Waals surface area contributed by atoms with Crippen LogP contribution in [0.1, 0.15) is 0 Å². The van der Waals surface area contributed by atoms with E-state index in [9.17, 15) is 0 Å². The predicted molar refractivity (Wildman–Crippen MR) is 58.9 cm³/mol. The van der Waals surface area contributed by atoms with E-state index in [1.807, 2.05) is 18.2 Å². The molecule has 2 heterocycles. The Balaban J connectivity index is 2.10. The molecule has 0 spiro atoms. The summed E-state index contributed by atoms with van der Waals surface area (Å²) in [4.78, 5) is 0. The topological polar surface area (TPSA) is 79.6 Å². The van der Waals surface area contributed by atoms with E-state index in [-0.39, 0.29) is 0 Å². The van der Waals surface area contributed by atoms with Gasteiger partial charge < -0.3 is 9.73 Å². The number of nitrogens with zero attached hydrogens (tertiary/aromatic N) is 3. The van der Waals surface area contributed by atoms with E-state index >= 15 is 0 Å². The fourth-order valence-electron chi connectivity index (χ4n) is 1.52. The van der Waals surface area contributed by atoms with Gasteiger partial charge in [0.25, 0.3) is 0 Å². The summed E-state index contributed by atoms with van der Waals surface area (Å²) in [6.45, 7) is 0. The molecular weight excluding hydrogens is 206 g/mol. The van der Waals surface area contributed by atoms with E-state index in [1.54, 1.807) is 13.2 Å². The molecule has 0 saturated heterocycles. The number of H-pyrrole nitrogens is 1. The number of rotatable bonds is 2. The molecule has 16 heavy (non-hydrogen) atoms. The maximum atomic E-state index is 5.38. The minimum atomic E-state index is 0.405. The third-order valence-electron chi connectivity index (χ3n) is 2.33. The van der Waals surface area contributed by atoms with E-state index in [2.05, 4.69) is 25.7 Å². The monoisotopic (exact) mass is 215 g/mol. The normalized spacial score (nSPS) is 10.8. The van der Waals surface area contributed by atoms with Gasteiger partial charge in [-0.1, -0.05) is 5.10 Å². The summed E-state index contributed by atoms with van der Waals surface area (Å²) >= 11 is 0. The molecule has 80 valence electrons. The van der Waals surface area contributed by atoms with Gasteiger partial charge in [0.2, 0.25) is 5.89 Å². The summed E-state index contributed by atoms with van der Waals surface area (Å²) in [5.41, 5.74) is 1.86. The summed E-state index contributed by atoms with van der Waals surface area (Å²) in [5.74, 6) is 0.493. The average molecular weight is 215 g/mol. The van der Waals surface area contributed by atoms with Crippen LogP contribution in [0, 0.1) is 0 Å². The van der Waals surface area contributed by atoms with Crippen molar-refractivity contribution in [1.82, 2.24) is 20.4 Å². The highest BCUT2D eigenvalue weighted by molar-refractivity contribution is 5.82. The first-order valence-corrected chi connectivity index (χ1v) is 4.81. The average Bonchev–Trinajstić information content (AvgIpc) is 2.96. The highest BCUT2D eigenvalue weighted by Gasteiger charge is 2.08. The van der Waals surface area contributed by atoms with Crippen LogP contribution in [-0.4, -0.2) is 27.4 Å². The second kappa shape index (κ2) is 3.34. The number of hydrogen-bond donors (Lipinski definition) is 2. The fourth-order valence-corrected chi connectivity index (χ4v) is 1.52. The second-order valence-corrected chi connectivity index (χ2v) is 3.33. The molecule has 0 radical (unpaired) electrons. The molecule has 6 heteroatoms. The lowest BCUT2D eigenvalue weighted by Crippen LogP contribution is -1.85. The minimum Gasteiger partial charge on any atom is -0.403 e. The maximum Gasteiger partial charge on any atom is 0.315 e. The van der Waals surface area contributed by atoms with Crippen molar-refractivity contribution in [3.63, 3.8) is 0 Å². The standard InChI is InChI=1S/C10H9N5O/c1-11-10-15-14-9(16-10)6-2-3-8-7(4-6)5-12-13-8/h2-5H,1H3,(H,11,15)(H,12,13). The van der Waals surface area contributed by atoms with Crippen LogP contribution in [-0.2, 0) is 0 Å². The zero-order valence-electron chi connectivity index (χ0n) is 8.56. The Kier molecular flexibility index (Phi) is 1.86. The largest absolute Gasteiger partial charge is 0.403 e. The molecule has 3 aromatic rings. The van der Waals surface area contributed by atoms with Crippen LogP contribution in [0.2, 0.25) is 0 Å². The van der Waals surface area contributed by atoms with Gasteiger partial charge in [0.1, 0.15) is 0 Å². The summed E-state index contributed by atoms with van der Waals surface area (Å²) in [7, 11) is 1.73. The lowest BCUT2D eigenvalue weighted by atomic mass is 10.1. The van der Waals surface area contributed by atoms with Gasteiger partial charge in [0.15, 0.2) is 0 Å². The van der Waals surface area contributed by atoms with Gasteiger partial charge >= 0.3 is 6.01 Å². The fraction of sp³-hybridized carbons (Fsp3) is 0.100. The van der Waals surface area contributed by atoms with Crippen molar-refractivity contribution < 1.29 is 4.42 Å². The Morgan fingerprint density at radius 2 is 2.25 bits per heavy atom. The van der Waals surface area contributed by atoms with Crippen molar-refractivity contribution in [3.8, 4) is 11.5 Å². The highest BCUT2D eigenvalue weighted by atomic mass is 16.4. The summed E-state index contributed by atoms with van der Waals surface area (Å²) < 4.78 is 5.38. The predicted octanol–water partition coefficient (Wildman–Crippen LogP) is 1.65. The quantitative estimate of drug-likeness (QED) is 0.679. The van der Waals surface area contributed by atoms with Crippen molar-refractivity contribution in [3.05, 3.63) is 24.4 Å². The number of anilines is 1. The first-order valence-electron chi connectivity index (χ1n) is 4.81. The van der Waals surface area contributed by atoms with Gasteiger partial charge in [-0.25, -0.2) is 0 Å². The van der Waals surface area contributed by atoms with Crippen molar-refractivity contribution in [2.45, 2.75) is 0 Å². The number of aromatic amines is 1. The van der Waals surface area contributed by atoms with E-state index < -0.39 is 0 Å². The van der Waals surface area contributed by atoms with Crippen molar-refractivity contribution in [2.75, 3.05) is 12.4 Å². The summed E-state index contributed by atoms with van der Waals surface area (Å²) in [6.07, 6.45) is 1.76. The lowest BCUT2D eigenvalue weighted by Gasteiger charge is -1.94. The van der Waals surface area contributed by atoms with Gasteiger partial charge in [-0.2, -0.15) is 5.10 Å². The summed E-state index contributed by atoms with van der Waals surface area (Å²) in [6, 6.07) is 6.20. The molecule has 0 aliphatic carbocycles. The number of fused-ring (bicyclic) bond motifs is 1.